The molecule has 9 heteroatoms. The number of alkyl halides is 3. The van der Waals surface area contributed by atoms with Crippen LogP contribution in [0.15, 0.2) is 45.6 Å². The Morgan fingerprint density at radius 2 is 1.92 bits per heavy atom. The summed E-state index contributed by atoms with van der Waals surface area (Å²) in [6.45, 7) is 0. The number of hydrogen-bond acceptors (Lipinski definition) is 4. The fourth-order valence-electron chi connectivity index (χ4n) is 2.27. The molecular weight excluding hydrogens is 359 g/mol. The lowest BCUT2D eigenvalue weighted by atomic mass is 9.92. The molecule has 1 N–H and O–H groups in total. The minimum atomic E-state index is -4.97. The number of aromatic hydroxyl groups is 1. The van der Waals surface area contributed by atoms with Gasteiger partial charge in [0.1, 0.15) is 25.1 Å². The molecule has 3 rings (SSSR count). The molecule has 0 atom stereocenters. The molecule has 4 nitrogen and oxygen atoms in total. The summed E-state index contributed by atoms with van der Waals surface area (Å²) in [5.41, 5.74) is -0.828. The van der Waals surface area contributed by atoms with Gasteiger partial charge in [-0.25, -0.2) is 0 Å². The molecule has 2 aromatic carbocycles. The lowest BCUT2D eigenvalue weighted by Gasteiger charge is -2.14. The van der Waals surface area contributed by atoms with Crippen LogP contribution in [0.1, 0.15) is 0 Å². The molecular formula is C16H7BClF3O4. The van der Waals surface area contributed by atoms with Crippen molar-refractivity contribution in [2.75, 3.05) is 0 Å². The molecule has 1 aromatic heterocycles. The van der Waals surface area contributed by atoms with Crippen molar-refractivity contribution in [3.8, 4) is 22.8 Å². The van der Waals surface area contributed by atoms with Gasteiger partial charge in [-0.05, 0) is 12.1 Å². The van der Waals surface area contributed by atoms with Crippen LogP contribution in [0.2, 0.25) is 5.02 Å². The van der Waals surface area contributed by atoms with Crippen LogP contribution in [0.5, 0.6) is 11.5 Å². The van der Waals surface area contributed by atoms with Crippen molar-refractivity contribution in [3.63, 3.8) is 0 Å². The number of ether oxygens (including phenoxy) is 1. The molecule has 0 spiro atoms. The first kappa shape index (κ1) is 17.2. The zero-order chi connectivity index (χ0) is 18.4. The number of phenolic OH excluding ortho intramolecular Hbond substituents is 1. The number of halogens is 4. The monoisotopic (exact) mass is 366 g/mol. The summed E-state index contributed by atoms with van der Waals surface area (Å²) < 4.78 is 46.2. The largest absolute Gasteiger partial charge is 0.573 e. The summed E-state index contributed by atoms with van der Waals surface area (Å²) in [6, 6.07) is 7.36. The Morgan fingerprint density at radius 1 is 1.20 bits per heavy atom. The molecule has 1 heterocycles. The minimum Gasteiger partial charge on any atom is -0.507 e. The van der Waals surface area contributed by atoms with Crippen molar-refractivity contribution in [3.05, 3.63) is 51.6 Å². The highest BCUT2D eigenvalue weighted by molar-refractivity contribution is 6.35. The number of benzene rings is 2. The second-order valence-corrected chi connectivity index (χ2v) is 5.45. The van der Waals surface area contributed by atoms with E-state index in [1.165, 1.54) is 12.1 Å². The van der Waals surface area contributed by atoms with Gasteiger partial charge in [0.05, 0.1) is 16.0 Å². The summed E-state index contributed by atoms with van der Waals surface area (Å²) in [7, 11) is 5.53. The predicted molar refractivity (Wildman–Crippen MR) is 86.7 cm³/mol. The molecule has 0 amide bonds. The second kappa shape index (κ2) is 6.04. The van der Waals surface area contributed by atoms with Gasteiger partial charge in [0.25, 0.3) is 0 Å². The van der Waals surface area contributed by atoms with Crippen LogP contribution in [0.4, 0.5) is 13.2 Å². The first-order chi connectivity index (χ1) is 11.7. The number of phenols is 1. The highest BCUT2D eigenvalue weighted by Crippen LogP contribution is 2.34. The van der Waals surface area contributed by atoms with Crippen LogP contribution in [0, 0.1) is 0 Å². The molecule has 0 aliphatic rings. The van der Waals surface area contributed by atoms with E-state index in [9.17, 15) is 23.1 Å². The van der Waals surface area contributed by atoms with Crippen molar-refractivity contribution in [2.45, 2.75) is 6.36 Å². The molecule has 0 unspecified atom stereocenters. The molecule has 0 aliphatic heterocycles. The van der Waals surface area contributed by atoms with Crippen LogP contribution < -0.4 is 15.6 Å². The molecule has 0 saturated carbocycles. The minimum absolute atomic E-state index is 0.0778. The standard InChI is InChI=1S/C16H7BClF3O4/c17-9-4-8(12(23)6-14(9)25-16(19,20)21)13-5-11(22)7-2-1-3-10(18)15(7)24-13/h1-6,23H. The van der Waals surface area contributed by atoms with E-state index in [1.807, 2.05) is 0 Å². The van der Waals surface area contributed by atoms with Crippen LogP contribution in [0.3, 0.4) is 0 Å². The van der Waals surface area contributed by atoms with Crippen LogP contribution in [0.25, 0.3) is 22.3 Å². The maximum Gasteiger partial charge on any atom is 0.573 e. The molecule has 0 fully saturated rings. The van der Waals surface area contributed by atoms with Gasteiger partial charge in [0.15, 0.2) is 11.0 Å². The van der Waals surface area contributed by atoms with Crippen molar-refractivity contribution in [1.82, 2.24) is 0 Å². The Kier molecular flexibility index (Phi) is 4.16. The van der Waals surface area contributed by atoms with Gasteiger partial charge in [-0.3, -0.25) is 4.79 Å². The van der Waals surface area contributed by atoms with Gasteiger partial charge in [0.2, 0.25) is 0 Å². The van der Waals surface area contributed by atoms with Crippen molar-refractivity contribution >= 4 is 35.9 Å². The zero-order valence-electron chi connectivity index (χ0n) is 12.2. The third-order valence-corrected chi connectivity index (χ3v) is 3.62. The number of para-hydroxylation sites is 1. The summed E-state index contributed by atoms with van der Waals surface area (Å²) in [5.74, 6) is -1.48. The Hall–Kier alpha value is -2.61. The number of hydrogen-bond donors (Lipinski definition) is 1. The third kappa shape index (κ3) is 3.44. The van der Waals surface area contributed by atoms with E-state index in [1.54, 1.807) is 6.07 Å². The highest BCUT2D eigenvalue weighted by atomic mass is 35.5. The maximum absolute atomic E-state index is 12.3. The lowest BCUT2D eigenvalue weighted by molar-refractivity contribution is -0.274. The van der Waals surface area contributed by atoms with E-state index in [0.29, 0.717) is 6.07 Å². The molecule has 2 radical (unpaired) electrons. The van der Waals surface area contributed by atoms with E-state index in [0.717, 1.165) is 12.1 Å². The van der Waals surface area contributed by atoms with E-state index in [-0.39, 0.29) is 27.3 Å². The van der Waals surface area contributed by atoms with Gasteiger partial charge in [0, 0.05) is 12.1 Å². The van der Waals surface area contributed by atoms with Gasteiger partial charge >= 0.3 is 6.36 Å². The van der Waals surface area contributed by atoms with E-state index < -0.39 is 28.8 Å². The van der Waals surface area contributed by atoms with Crippen LogP contribution in [-0.2, 0) is 0 Å². The Bertz CT molecular complexity index is 1030. The average molecular weight is 366 g/mol. The maximum atomic E-state index is 12.3. The van der Waals surface area contributed by atoms with Crippen molar-refractivity contribution < 1.29 is 27.4 Å². The molecule has 0 saturated heterocycles. The van der Waals surface area contributed by atoms with Crippen LogP contribution in [-0.4, -0.2) is 19.3 Å². The van der Waals surface area contributed by atoms with E-state index in [2.05, 4.69) is 4.74 Å². The van der Waals surface area contributed by atoms with Crippen molar-refractivity contribution in [1.29, 1.82) is 0 Å². The number of fused-ring (bicyclic) bond motifs is 1. The van der Waals surface area contributed by atoms with Crippen molar-refractivity contribution in [2.24, 2.45) is 0 Å². The fraction of sp³-hybridized carbons (Fsp3) is 0.0625. The van der Waals surface area contributed by atoms with E-state index >= 15 is 0 Å². The average Bonchev–Trinajstić information content (AvgIpc) is 2.50. The molecule has 126 valence electrons. The molecule has 25 heavy (non-hydrogen) atoms. The third-order valence-electron chi connectivity index (χ3n) is 3.33. The zero-order valence-corrected chi connectivity index (χ0v) is 13.0. The lowest BCUT2D eigenvalue weighted by Crippen LogP contribution is -2.22. The van der Waals surface area contributed by atoms with E-state index in [4.69, 9.17) is 23.9 Å². The van der Waals surface area contributed by atoms with Gasteiger partial charge in [-0.15, -0.1) is 13.2 Å². The molecule has 0 bridgehead atoms. The SMILES string of the molecule is [B]c1cc(-c2cc(=O)c3cccc(Cl)c3o2)c(O)cc1OC(F)(F)F. The predicted octanol–water partition coefficient (Wildman–Crippen LogP) is 3.51. The summed E-state index contributed by atoms with van der Waals surface area (Å²) >= 11 is 5.99. The molecule has 3 aromatic rings. The first-order valence-corrected chi connectivity index (χ1v) is 7.14. The Balaban J connectivity index is 2.17. The summed E-state index contributed by atoms with van der Waals surface area (Å²) in [4.78, 5) is 12.2. The Labute approximate surface area is 144 Å². The second-order valence-electron chi connectivity index (χ2n) is 5.05. The quantitative estimate of drug-likeness (QED) is 0.705. The first-order valence-electron chi connectivity index (χ1n) is 6.76. The fourth-order valence-corrected chi connectivity index (χ4v) is 2.48. The summed E-state index contributed by atoms with van der Waals surface area (Å²) in [6.07, 6.45) is -4.97. The van der Waals surface area contributed by atoms with Gasteiger partial charge in [-0.1, -0.05) is 29.2 Å². The smallest absolute Gasteiger partial charge is 0.507 e. The van der Waals surface area contributed by atoms with Crippen LogP contribution >= 0.6 is 11.6 Å². The normalized spacial score (nSPS) is 11.7. The van der Waals surface area contributed by atoms with Gasteiger partial charge in [-0.2, -0.15) is 0 Å². The highest BCUT2D eigenvalue weighted by Gasteiger charge is 2.32. The summed E-state index contributed by atoms with van der Waals surface area (Å²) in [5, 5.41) is 10.4. The van der Waals surface area contributed by atoms with Gasteiger partial charge < -0.3 is 14.3 Å². The Morgan fingerprint density at radius 3 is 2.60 bits per heavy atom. The number of rotatable bonds is 2. The molecule has 0 aliphatic carbocycles. The topological polar surface area (TPSA) is 59.7 Å².